The minimum atomic E-state index is 0.250. The van der Waals surface area contributed by atoms with Crippen LogP contribution in [0.3, 0.4) is 0 Å². The molecule has 0 N–H and O–H groups in total. The number of aromatic nitrogens is 2. The Morgan fingerprint density at radius 3 is 2.45 bits per heavy atom. The molecule has 6 nitrogen and oxygen atoms in total. The summed E-state index contributed by atoms with van der Waals surface area (Å²) in [5, 5.41) is 5.01. The minimum Gasteiger partial charge on any atom is -0.497 e. The van der Waals surface area contributed by atoms with Crippen LogP contribution in [-0.4, -0.2) is 58.8 Å². The average molecular weight is 445 g/mol. The molecule has 172 valence electrons. The number of ether oxygens (including phenoxy) is 1. The summed E-state index contributed by atoms with van der Waals surface area (Å²) in [6.45, 7) is 4.27. The van der Waals surface area contributed by atoms with Gasteiger partial charge in [0.05, 0.1) is 18.5 Å². The Morgan fingerprint density at radius 1 is 0.970 bits per heavy atom. The van der Waals surface area contributed by atoms with Crippen LogP contribution in [0.4, 0.5) is 0 Å². The molecule has 0 radical (unpaired) electrons. The SMILES string of the molecule is COc1ccc(CCC(=O)N2CCN(Cc3nn(-c4ccccc4)c4c3CCC4)CC2)cc1. The minimum absolute atomic E-state index is 0.250. The first-order valence-corrected chi connectivity index (χ1v) is 12.0. The van der Waals surface area contributed by atoms with Crippen molar-refractivity contribution in [2.45, 2.75) is 38.6 Å². The van der Waals surface area contributed by atoms with Gasteiger partial charge >= 0.3 is 0 Å². The van der Waals surface area contributed by atoms with Crippen LogP contribution >= 0.6 is 0 Å². The first-order chi connectivity index (χ1) is 16.2. The van der Waals surface area contributed by atoms with E-state index in [9.17, 15) is 4.79 Å². The number of carbonyl (C=O) groups is 1. The summed E-state index contributed by atoms with van der Waals surface area (Å²) in [5.74, 6) is 1.10. The average Bonchev–Trinajstić information content (AvgIpc) is 3.48. The smallest absolute Gasteiger partial charge is 0.222 e. The zero-order chi connectivity index (χ0) is 22.6. The molecule has 1 amide bonds. The summed E-state index contributed by atoms with van der Waals surface area (Å²) < 4.78 is 7.35. The highest BCUT2D eigenvalue weighted by molar-refractivity contribution is 5.76. The topological polar surface area (TPSA) is 50.6 Å². The molecule has 0 unspecified atom stereocenters. The standard InChI is InChI=1S/C27H32N4O2/c1-33-23-13-10-21(11-14-23)12-15-27(32)30-18-16-29(17-19-30)20-25-24-8-5-9-26(24)31(28-25)22-6-3-2-4-7-22/h2-4,6-7,10-11,13-14H,5,8-9,12,15-20H2,1H3. The van der Waals surface area contributed by atoms with E-state index in [1.165, 1.54) is 28.9 Å². The van der Waals surface area contributed by atoms with Crippen LogP contribution in [0, 0.1) is 0 Å². The molecule has 5 rings (SSSR count). The number of rotatable bonds is 7. The first kappa shape index (κ1) is 21.7. The lowest BCUT2D eigenvalue weighted by Crippen LogP contribution is -2.48. The Balaban J connectivity index is 1.15. The summed E-state index contributed by atoms with van der Waals surface area (Å²) >= 11 is 0. The molecule has 1 aromatic heterocycles. The molecular weight excluding hydrogens is 412 g/mol. The lowest BCUT2D eigenvalue weighted by Gasteiger charge is -2.34. The van der Waals surface area contributed by atoms with Crippen molar-refractivity contribution < 1.29 is 9.53 Å². The summed E-state index contributed by atoms with van der Waals surface area (Å²) in [5.41, 5.74) is 6.35. The van der Waals surface area contributed by atoms with Crippen LogP contribution in [-0.2, 0) is 30.6 Å². The number of piperazine rings is 1. The molecule has 3 aromatic rings. The van der Waals surface area contributed by atoms with E-state index in [2.05, 4.69) is 33.8 Å². The van der Waals surface area contributed by atoms with Crippen LogP contribution in [0.1, 0.15) is 35.4 Å². The molecule has 0 bridgehead atoms. The number of para-hydroxylation sites is 1. The molecule has 33 heavy (non-hydrogen) atoms. The molecule has 2 aromatic carbocycles. The quantitative estimate of drug-likeness (QED) is 0.558. The van der Waals surface area contributed by atoms with Crippen molar-refractivity contribution >= 4 is 5.91 Å². The Morgan fingerprint density at radius 2 is 1.73 bits per heavy atom. The maximum atomic E-state index is 12.7. The Kier molecular flexibility index (Phi) is 6.44. The molecule has 0 spiro atoms. The third-order valence-corrected chi connectivity index (χ3v) is 6.90. The predicted octanol–water partition coefficient (Wildman–Crippen LogP) is 3.65. The number of carbonyl (C=O) groups excluding carboxylic acids is 1. The van der Waals surface area contributed by atoms with E-state index in [-0.39, 0.29) is 5.91 Å². The lowest BCUT2D eigenvalue weighted by molar-refractivity contribution is -0.133. The lowest BCUT2D eigenvalue weighted by atomic mass is 10.1. The molecule has 0 saturated carbocycles. The largest absolute Gasteiger partial charge is 0.497 e. The van der Waals surface area contributed by atoms with Gasteiger partial charge in [-0.2, -0.15) is 5.10 Å². The van der Waals surface area contributed by atoms with Gasteiger partial charge in [0, 0.05) is 44.8 Å². The van der Waals surface area contributed by atoms with Gasteiger partial charge in [-0.1, -0.05) is 30.3 Å². The number of aryl methyl sites for hydroxylation is 1. The van der Waals surface area contributed by atoms with Gasteiger partial charge in [-0.05, 0) is 61.1 Å². The van der Waals surface area contributed by atoms with Gasteiger partial charge in [-0.25, -0.2) is 4.68 Å². The van der Waals surface area contributed by atoms with Crippen LogP contribution < -0.4 is 4.74 Å². The molecular formula is C27H32N4O2. The van der Waals surface area contributed by atoms with E-state index in [1.807, 2.05) is 35.2 Å². The highest BCUT2D eigenvalue weighted by Crippen LogP contribution is 2.28. The van der Waals surface area contributed by atoms with Gasteiger partial charge in [0.1, 0.15) is 5.75 Å². The Labute approximate surface area is 195 Å². The zero-order valence-electron chi connectivity index (χ0n) is 19.4. The van der Waals surface area contributed by atoms with E-state index in [0.29, 0.717) is 6.42 Å². The molecule has 0 atom stereocenters. The van der Waals surface area contributed by atoms with Crippen molar-refractivity contribution in [3.05, 3.63) is 77.1 Å². The first-order valence-electron chi connectivity index (χ1n) is 12.0. The molecule has 1 fully saturated rings. The molecule has 1 aliphatic heterocycles. The number of amides is 1. The highest BCUT2D eigenvalue weighted by Gasteiger charge is 2.26. The number of methoxy groups -OCH3 is 1. The van der Waals surface area contributed by atoms with Crippen molar-refractivity contribution in [2.75, 3.05) is 33.3 Å². The van der Waals surface area contributed by atoms with Crippen molar-refractivity contribution in [3.63, 3.8) is 0 Å². The summed E-state index contributed by atoms with van der Waals surface area (Å²) in [6, 6.07) is 18.4. The van der Waals surface area contributed by atoms with Crippen LogP contribution in [0.2, 0.25) is 0 Å². The summed E-state index contributed by atoms with van der Waals surface area (Å²) in [4.78, 5) is 17.2. The number of hydrogen-bond donors (Lipinski definition) is 0. The van der Waals surface area contributed by atoms with E-state index in [4.69, 9.17) is 9.84 Å². The maximum Gasteiger partial charge on any atom is 0.222 e. The van der Waals surface area contributed by atoms with Gasteiger partial charge in [-0.15, -0.1) is 0 Å². The molecule has 1 saturated heterocycles. The third-order valence-electron chi connectivity index (χ3n) is 6.90. The van der Waals surface area contributed by atoms with E-state index in [0.717, 1.165) is 63.4 Å². The van der Waals surface area contributed by atoms with E-state index in [1.54, 1.807) is 7.11 Å². The van der Waals surface area contributed by atoms with E-state index < -0.39 is 0 Å². The fourth-order valence-corrected chi connectivity index (χ4v) is 4.99. The fourth-order valence-electron chi connectivity index (χ4n) is 4.99. The number of hydrogen-bond acceptors (Lipinski definition) is 4. The van der Waals surface area contributed by atoms with Gasteiger partial charge < -0.3 is 9.64 Å². The monoisotopic (exact) mass is 444 g/mol. The van der Waals surface area contributed by atoms with Gasteiger partial charge in [-0.3, -0.25) is 9.69 Å². The normalized spacial score (nSPS) is 16.1. The zero-order valence-corrected chi connectivity index (χ0v) is 19.4. The number of fused-ring (bicyclic) bond motifs is 1. The van der Waals surface area contributed by atoms with Crippen LogP contribution in [0.15, 0.2) is 54.6 Å². The molecule has 2 aliphatic rings. The van der Waals surface area contributed by atoms with Crippen LogP contribution in [0.25, 0.3) is 5.69 Å². The molecule has 6 heteroatoms. The number of benzene rings is 2. The number of nitrogens with zero attached hydrogens (tertiary/aromatic N) is 4. The van der Waals surface area contributed by atoms with Gasteiger partial charge in [0.25, 0.3) is 0 Å². The van der Waals surface area contributed by atoms with Crippen molar-refractivity contribution in [2.24, 2.45) is 0 Å². The second kappa shape index (κ2) is 9.79. The molecule has 1 aliphatic carbocycles. The van der Waals surface area contributed by atoms with Crippen LogP contribution in [0.5, 0.6) is 5.75 Å². The van der Waals surface area contributed by atoms with Crippen molar-refractivity contribution in [1.29, 1.82) is 0 Å². The predicted molar refractivity (Wildman–Crippen MR) is 129 cm³/mol. The van der Waals surface area contributed by atoms with Gasteiger partial charge in [0.2, 0.25) is 5.91 Å². The fraction of sp³-hybridized carbons (Fsp3) is 0.407. The second-order valence-corrected chi connectivity index (χ2v) is 8.98. The summed E-state index contributed by atoms with van der Waals surface area (Å²) in [6.07, 6.45) is 4.77. The Bertz CT molecular complexity index is 1080. The molecule has 2 heterocycles. The van der Waals surface area contributed by atoms with Crippen molar-refractivity contribution in [3.8, 4) is 11.4 Å². The maximum absolute atomic E-state index is 12.7. The van der Waals surface area contributed by atoms with E-state index >= 15 is 0 Å². The third kappa shape index (κ3) is 4.81. The van der Waals surface area contributed by atoms with Crippen molar-refractivity contribution in [1.82, 2.24) is 19.6 Å². The highest BCUT2D eigenvalue weighted by atomic mass is 16.5. The summed E-state index contributed by atoms with van der Waals surface area (Å²) in [7, 11) is 1.67. The second-order valence-electron chi connectivity index (χ2n) is 8.98. The Hall–Kier alpha value is -3.12. The van der Waals surface area contributed by atoms with Gasteiger partial charge in [0.15, 0.2) is 0 Å².